The maximum Gasteiger partial charge on any atom is 0.215 e. The van der Waals surface area contributed by atoms with Gasteiger partial charge in [-0.25, -0.2) is 12.7 Å². The fourth-order valence-electron chi connectivity index (χ4n) is 1.34. The molecule has 0 N–H and O–H groups in total. The molecule has 1 fully saturated rings. The zero-order valence-electron chi connectivity index (χ0n) is 7.62. The molecular weight excluding hydrogens is 174 g/mol. The minimum Gasteiger partial charge on any atom is -0.212 e. The SMILES string of the molecule is CCCCCCN1CCS1(=O)=O. The first-order valence-corrected chi connectivity index (χ1v) is 6.25. The van der Waals surface area contributed by atoms with E-state index in [0.717, 1.165) is 25.9 Å². The average molecular weight is 191 g/mol. The molecule has 72 valence electrons. The number of hydrogen-bond acceptors (Lipinski definition) is 2. The summed E-state index contributed by atoms with van der Waals surface area (Å²) < 4.78 is 23.6. The molecule has 0 spiro atoms. The van der Waals surface area contributed by atoms with Gasteiger partial charge >= 0.3 is 0 Å². The van der Waals surface area contributed by atoms with E-state index in [1.54, 1.807) is 4.31 Å². The van der Waals surface area contributed by atoms with Crippen LogP contribution in [-0.4, -0.2) is 31.6 Å². The number of hydrogen-bond donors (Lipinski definition) is 0. The molecule has 0 bridgehead atoms. The van der Waals surface area contributed by atoms with Gasteiger partial charge < -0.3 is 0 Å². The Kier molecular flexibility index (Phi) is 3.53. The van der Waals surface area contributed by atoms with Crippen LogP contribution in [0.4, 0.5) is 0 Å². The van der Waals surface area contributed by atoms with Gasteiger partial charge in [0.2, 0.25) is 10.0 Å². The summed E-state index contributed by atoms with van der Waals surface area (Å²) in [6, 6.07) is 0. The van der Waals surface area contributed by atoms with Crippen molar-refractivity contribution < 1.29 is 8.42 Å². The van der Waals surface area contributed by atoms with E-state index in [9.17, 15) is 8.42 Å². The maximum absolute atomic E-state index is 11.0. The van der Waals surface area contributed by atoms with Crippen LogP contribution in [0, 0.1) is 0 Å². The summed E-state index contributed by atoms with van der Waals surface area (Å²) >= 11 is 0. The summed E-state index contributed by atoms with van der Waals surface area (Å²) in [4.78, 5) is 0. The molecule has 0 amide bonds. The molecule has 0 unspecified atom stereocenters. The molecule has 0 aliphatic carbocycles. The Morgan fingerprint density at radius 3 is 2.42 bits per heavy atom. The predicted molar refractivity (Wildman–Crippen MR) is 49.5 cm³/mol. The third-order valence-corrected chi connectivity index (χ3v) is 4.10. The molecule has 3 nitrogen and oxygen atoms in total. The smallest absolute Gasteiger partial charge is 0.212 e. The number of unbranched alkanes of at least 4 members (excludes halogenated alkanes) is 3. The maximum atomic E-state index is 11.0. The van der Waals surface area contributed by atoms with Crippen LogP contribution < -0.4 is 0 Å². The van der Waals surface area contributed by atoms with Crippen molar-refractivity contribution in [2.24, 2.45) is 0 Å². The van der Waals surface area contributed by atoms with Gasteiger partial charge in [-0.05, 0) is 6.42 Å². The fourth-order valence-corrected chi connectivity index (χ4v) is 2.48. The number of rotatable bonds is 5. The molecule has 1 aliphatic heterocycles. The lowest BCUT2D eigenvalue weighted by molar-refractivity contribution is 0.373. The molecule has 0 saturated carbocycles. The molecule has 1 aliphatic rings. The van der Waals surface area contributed by atoms with Crippen molar-refractivity contribution >= 4 is 10.0 Å². The summed E-state index contributed by atoms with van der Waals surface area (Å²) in [5.41, 5.74) is 0. The van der Waals surface area contributed by atoms with Crippen LogP contribution in [0.3, 0.4) is 0 Å². The van der Waals surface area contributed by atoms with Gasteiger partial charge in [0.05, 0.1) is 5.75 Å². The van der Waals surface area contributed by atoms with E-state index in [0.29, 0.717) is 5.75 Å². The Balaban J connectivity index is 2.09. The van der Waals surface area contributed by atoms with Crippen molar-refractivity contribution in [2.75, 3.05) is 18.8 Å². The van der Waals surface area contributed by atoms with Gasteiger partial charge in [-0.2, -0.15) is 0 Å². The Morgan fingerprint density at radius 2 is 2.00 bits per heavy atom. The third-order valence-electron chi connectivity index (χ3n) is 2.25. The first-order chi connectivity index (χ1) is 5.67. The first kappa shape index (κ1) is 9.99. The molecule has 1 saturated heterocycles. The van der Waals surface area contributed by atoms with Gasteiger partial charge in [0.25, 0.3) is 0 Å². The van der Waals surface area contributed by atoms with Gasteiger partial charge in [-0.3, -0.25) is 0 Å². The molecule has 0 aromatic heterocycles. The molecule has 0 aromatic rings. The van der Waals surface area contributed by atoms with Crippen LogP contribution in [0.5, 0.6) is 0 Å². The Hall–Kier alpha value is -0.0900. The first-order valence-electron chi connectivity index (χ1n) is 4.64. The van der Waals surface area contributed by atoms with E-state index >= 15 is 0 Å². The standard InChI is InChI=1S/C8H17NO2S/c1-2-3-4-5-6-9-7-8-12(9,10)11/h2-8H2,1H3. The van der Waals surface area contributed by atoms with E-state index in [1.807, 2.05) is 0 Å². The Bertz CT molecular complexity index is 223. The monoisotopic (exact) mass is 191 g/mol. The largest absolute Gasteiger partial charge is 0.215 e. The van der Waals surface area contributed by atoms with E-state index in [-0.39, 0.29) is 0 Å². The normalized spacial score (nSPS) is 22.1. The highest BCUT2D eigenvalue weighted by atomic mass is 32.2. The van der Waals surface area contributed by atoms with Crippen LogP contribution in [0.15, 0.2) is 0 Å². The van der Waals surface area contributed by atoms with Crippen molar-refractivity contribution in [2.45, 2.75) is 32.6 Å². The van der Waals surface area contributed by atoms with Crippen molar-refractivity contribution in [1.82, 2.24) is 4.31 Å². The van der Waals surface area contributed by atoms with Gasteiger partial charge in [-0.15, -0.1) is 0 Å². The fraction of sp³-hybridized carbons (Fsp3) is 1.00. The minimum atomic E-state index is -2.78. The van der Waals surface area contributed by atoms with Crippen LogP contribution in [0.25, 0.3) is 0 Å². The molecule has 12 heavy (non-hydrogen) atoms. The van der Waals surface area contributed by atoms with Gasteiger partial charge in [0, 0.05) is 13.1 Å². The van der Waals surface area contributed by atoms with Crippen molar-refractivity contribution in [3.8, 4) is 0 Å². The highest BCUT2D eigenvalue weighted by Gasteiger charge is 2.31. The quantitative estimate of drug-likeness (QED) is 0.613. The summed E-state index contributed by atoms with van der Waals surface area (Å²) in [6.45, 7) is 3.64. The lowest BCUT2D eigenvalue weighted by atomic mass is 10.2. The molecular formula is C8H17NO2S. The van der Waals surface area contributed by atoms with Crippen LogP contribution in [0.1, 0.15) is 32.6 Å². The zero-order valence-corrected chi connectivity index (χ0v) is 8.44. The highest BCUT2D eigenvalue weighted by molar-refractivity contribution is 7.90. The highest BCUT2D eigenvalue weighted by Crippen LogP contribution is 2.14. The Labute approximate surface area is 74.8 Å². The summed E-state index contributed by atoms with van der Waals surface area (Å²) in [6.07, 6.45) is 4.59. The lowest BCUT2D eigenvalue weighted by Gasteiger charge is -2.29. The zero-order chi connectivity index (χ0) is 9.03. The van der Waals surface area contributed by atoms with Gasteiger partial charge in [-0.1, -0.05) is 26.2 Å². The molecule has 0 atom stereocenters. The summed E-state index contributed by atoms with van der Waals surface area (Å²) in [5.74, 6) is 0.362. The number of sulfonamides is 1. The van der Waals surface area contributed by atoms with Crippen LogP contribution >= 0.6 is 0 Å². The summed E-state index contributed by atoms with van der Waals surface area (Å²) in [7, 11) is -2.78. The van der Waals surface area contributed by atoms with E-state index in [1.165, 1.54) is 12.8 Å². The molecule has 4 heteroatoms. The Morgan fingerprint density at radius 1 is 1.25 bits per heavy atom. The molecule has 1 rings (SSSR count). The lowest BCUT2D eigenvalue weighted by Crippen LogP contribution is -2.47. The number of nitrogens with zero attached hydrogens (tertiary/aromatic N) is 1. The van der Waals surface area contributed by atoms with Crippen molar-refractivity contribution in [3.63, 3.8) is 0 Å². The van der Waals surface area contributed by atoms with Crippen molar-refractivity contribution in [1.29, 1.82) is 0 Å². The minimum absolute atomic E-state index is 0.362. The second-order valence-corrected chi connectivity index (χ2v) is 5.36. The van der Waals surface area contributed by atoms with E-state index in [2.05, 4.69) is 6.92 Å². The third kappa shape index (κ3) is 2.45. The van der Waals surface area contributed by atoms with E-state index in [4.69, 9.17) is 0 Å². The van der Waals surface area contributed by atoms with E-state index < -0.39 is 10.0 Å². The molecule has 1 heterocycles. The summed E-state index contributed by atoms with van der Waals surface area (Å²) in [5, 5.41) is 0. The average Bonchev–Trinajstić information content (AvgIpc) is 2.02. The van der Waals surface area contributed by atoms with Crippen molar-refractivity contribution in [3.05, 3.63) is 0 Å². The van der Waals surface area contributed by atoms with Crippen LogP contribution in [0.2, 0.25) is 0 Å². The molecule has 0 radical (unpaired) electrons. The topological polar surface area (TPSA) is 37.4 Å². The van der Waals surface area contributed by atoms with Gasteiger partial charge in [0.15, 0.2) is 0 Å². The predicted octanol–water partition coefficient (Wildman–Crippen LogP) is 1.21. The second kappa shape index (κ2) is 4.23. The molecule has 0 aromatic carbocycles. The van der Waals surface area contributed by atoms with Crippen LogP contribution in [-0.2, 0) is 10.0 Å². The van der Waals surface area contributed by atoms with Gasteiger partial charge in [0.1, 0.15) is 0 Å². The second-order valence-electron chi connectivity index (χ2n) is 3.28.